The van der Waals surface area contributed by atoms with Crippen LogP contribution in [-0.2, 0) is 6.42 Å². The van der Waals surface area contributed by atoms with Crippen molar-refractivity contribution in [2.24, 2.45) is 0 Å². The van der Waals surface area contributed by atoms with Crippen molar-refractivity contribution in [2.75, 3.05) is 0 Å². The zero-order valence-electron chi connectivity index (χ0n) is 6.80. The van der Waals surface area contributed by atoms with Crippen LogP contribution in [0.2, 0.25) is 0 Å². The minimum Gasteiger partial charge on any atom is -0.402 e. The molecule has 3 nitrogen and oxygen atoms in total. The molecular formula is C7H7F3N2O. The number of hydrogen-bond donors (Lipinski definition) is 0. The second kappa shape index (κ2) is 3.59. The van der Waals surface area contributed by atoms with E-state index in [1.807, 2.05) is 0 Å². The molecule has 0 spiro atoms. The molecule has 0 aliphatic heterocycles. The number of nitrogens with zero attached hydrogens (tertiary/aromatic N) is 2. The Kier molecular flexibility index (Phi) is 2.69. The molecule has 0 saturated carbocycles. The summed E-state index contributed by atoms with van der Waals surface area (Å²) in [6, 6.07) is 0. The van der Waals surface area contributed by atoms with Crippen molar-refractivity contribution in [2.45, 2.75) is 19.7 Å². The summed E-state index contributed by atoms with van der Waals surface area (Å²) in [4.78, 5) is 7.29. The number of hydrogen-bond acceptors (Lipinski definition) is 3. The fourth-order valence-corrected chi connectivity index (χ4v) is 0.712. The summed E-state index contributed by atoms with van der Waals surface area (Å²) >= 11 is 0. The predicted octanol–water partition coefficient (Wildman–Crippen LogP) is 1.94. The van der Waals surface area contributed by atoms with Crippen molar-refractivity contribution >= 4 is 0 Å². The van der Waals surface area contributed by atoms with Gasteiger partial charge in [0.2, 0.25) is 0 Å². The summed E-state index contributed by atoms with van der Waals surface area (Å²) in [6.45, 7) is 1.81. The molecule has 0 bridgehead atoms. The molecule has 0 aromatic carbocycles. The van der Waals surface area contributed by atoms with Crippen LogP contribution in [0.4, 0.5) is 13.2 Å². The van der Waals surface area contributed by atoms with Gasteiger partial charge in [0, 0.05) is 6.42 Å². The van der Waals surface area contributed by atoms with Gasteiger partial charge in [-0.2, -0.15) is 0 Å². The maximum absolute atomic E-state index is 11.6. The molecule has 0 aliphatic carbocycles. The van der Waals surface area contributed by atoms with Crippen LogP contribution in [0, 0.1) is 0 Å². The first-order chi connectivity index (χ1) is 6.01. The van der Waals surface area contributed by atoms with E-state index in [0.717, 1.165) is 12.4 Å². The lowest BCUT2D eigenvalue weighted by molar-refractivity contribution is -0.274. The standard InChI is InChI=1S/C7H7F3N2O/c1-2-6-11-3-5(4-12-6)13-7(8,9)10/h3-4H,2H2,1H3. The molecular weight excluding hydrogens is 185 g/mol. The zero-order valence-corrected chi connectivity index (χ0v) is 6.80. The third kappa shape index (κ3) is 3.27. The molecule has 0 amide bonds. The molecule has 1 rings (SSSR count). The highest BCUT2D eigenvalue weighted by Crippen LogP contribution is 2.20. The SMILES string of the molecule is CCc1ncc(OC(F)(F)F)cn1. The van der Waals surface area contributed by atoms with Gasteiger partial charge in [0.1, 0.15) is 5.82 Å². The highest BCUT2D eigenvalue weighted by atomic mass is 19.4. The van der Waals surface area contributed by atoms with Crippen LogP contribution >= 0.6 is 0 Å². The largest absolute Gasteiger partial charge is 0.573 e. The Hall–Kier alpha value is -1.33. The van der Waals surface area contributed by atoms with E-state index >= 15 is 0 Å². The predicted molar refractivity (Wildman–Crippen MR) is 38.1 cm³/mol. The van der Waals surface area contributed by atoms with E-state index in [0.29, 0.717) is 12.2 Å². The summed E-state index contributed by atoms with van der Waals surface area (Å²) in [7, 11) is 0. The Labute approximate surface area is 72.6 Å². The second-order valence-corrected chi connectivity index (χ2v) is 2.24. The summed E-state index contributed by atoms with van der Waals surface area (Å²) in [5, 5.41) is 0. The fourth-order valence-electron chi connectivity index (χ4n) is 0.712. The van der Waals surface area contributed by atoms with E-state index in [4.69, 9.17) is 0 Å². The first kappa shape index (κ1) is 9.76. The summed E-state index contributed by atoms with van der Waals surface area (Å²) < 4.78 is 38.5. The van der Waals surface area contributed by atoms with Crippen molar-refractivity contribution < 1.29 is 17.9 Å². The monoisotopic (exact) mass is 192 g/mol. The summed E-state index contributed by atoms with van der Waals surface area (Å²) in [5.41, 5.74) is 0. The Bertz CT molecular complexity index is 270. The zero-order chi connectivity index (χ0) is 9.90. The lowest BCUT2D eigenvalue weighted by Gasteiger charge is -2.07. The van der Waals surface area contributed by atoms with E-state index < -0.39 is 12.1 Å². The van der Waals surface area contributed by atoms with Crippen molar-refractivity contribution in [1.82, 2.24) is 9.97 Å². The van der Waals surface area contributed by atoms with Crippen molar-refractivity contribution in [3.63, 3.8) is 0 Å². The van der Waals surface area contributed by atoms with Gasteiger partial charge in [-0.3, -0.25) is 0 Å². The molecule has 0 radical (unpaired) electrons. The molecule has 6 heteroatoms. The molecule has 0 aliphatic rings. The highest BCUT2D eigenvalue weighted by Gasteiger charge is 2.31. The molecule has 0 atom stereocenters. The van der Waals surface area contributed by atoms with Gasteiger partial charge in [-0.25, -0.2) is 9.97 Å². The third-order valence-electron chi connectivity index (χ3n) is 1.23. The second-order valence-electron chi connectivity index (χ2n) is 2.24. The van der Waals surface area contributed by atoms with Gasteiger partial charge >= 0.3 is 6.36 Å². The number of aryl methyl sites for hydroxylation is 1. The average Bonchev–Trinajstić information content (AvgIpc) is 2.03. The summed E-state index contributed by atoms with van der Waals surface area (Å²) in [6.07, 6.45) is -2.11. The Morgan fingerprint density at radius 1 is 1.31 bits per heavy atom. The number of ether oxygens (including phenoxy) is 1. The molecule has 1 aromatic heterocycles. The van der Waals surface area contributed by atoms with Crippen LogP contribution in [0.3, 0.4) is 0 Å². The Morgan fingerprint density at radius 2 is 1.85 bits per heavy atom. The van der Waals surface area contributed by atoms with Gasteiger partial charge < -0.3 is 4.74 Å². The van der Waals surface area contributed by atoms with Gasteiger partial charge in [-0.1, -0.05) is 6.92 Å². The fraction of sp³-hybridized carbons (Fsp3) is 0.429. The normalized spacial score (nSPS) is 11.4. The average molecular weight is 192 g/mol. The third-order valence-corrected chi connectivity index (χ3v) is 1.23. The van der Waals surface area contributed by atoms with Gasteiger partial charge in [0.25, 0.3) is 0 Å². The molecule has 0 unspecified atom stereocenters. The van der Waals surface area contributed by atoms with Crippen LogP contribution in [0.25, 0.3) is 0 Å². The molecule has 0 saturated heterocycles. The van der Waals surface area contributed by atoms with Crippen LogP contribution in [0.5, 0.6) is 5.75 Å². The maximum atomic E-state index is 11.6. The van der Waals surface area contributed by atoms with Gasteiger partial charge in [-0.05, 0) is 0 Å². The van der Waals surface area contributed by atoms with E-state index in [9.17, 15) is 13.2 Å². The van der Waals surface area contributed by atoms with Crippen molar-refractivity contribution in [3.8, 4) is 5.75 Å². The molecule has 1 heterocycles. The number of alkyl halides is 3. The Morgan fingerprint density at radius 3 is 2.23 bits per heavy atom. The summed E-state index contributed by atoms with van der Waals surface area (Å²) in [5.74, 6) is 0.0826. The lowest BCUT2D eigenvalue weighted by atomic mass is 10.4. The number of halogens is 3. The number of rotatable bonds is 2. The number of aromatic nitrogens is 2. The van der Waals surface area contributed by atoms with Gasteiger partial charge in [0.05, 0.1) is 12.4 Å². The molecule has 0 fully saturated rings. The molecule has 0 N–H and O–H groups in total. The van der Waals surface area contributed by atoms with Crippen molar-refractivity contribution in [1.29, 1.82) is 0 Å². The first-order valence-corrected chi connectivity index (χ1v) is 3.58. The molecule has 13 heavy (non-hydrogen) atoms. The van der Waals surface area contributed by atoms with Crippen LogP contribution in [-0.4, -0.2) is 16.3 Å². The van der Waals surface area contributed by atoms with E-state index in [1.54, 1.807) is 6.92 Å². The first-order valence-electron chi connectivity index (χ1n) is 3.58. The van der Waals surface area contributed by atoms with Crippen LogP contribution in [0.1, 0.15) is 12.7 Å². The van der Waals surface area contributed by atoms with E-state index in [2.05, 4.69) is 14.7 Å². The van der Waals surface area contributed by atoms with E-state index in [-0.39, 0.29) is 0 Å². The lowest BCUT2D eigenvalue weighted by Crippen LogP contribution is -2.17. The smallest absolute Gasteiger partial charge is 0.402 e. The quantitative estimate of drug-likeness (QED) is 0.718. The maximum Gasteiger partial charge on any atom is 0.573 e. The van der Waals surface area contributed by atoms with Crippen LogP contribution in [0.15, 0.2) is 12.4 Å². The van der Waals surface area contributed by atoms with E-state index in [1.165, 1.54) is 0 Å². The molecule has 1 aromatic rings. The van der Waals surface area contributed by atoms with Crippen molar-refractivity contribution in [3.05, 3.63) is 18.2 Å². The minimum atomic E-state index is -4.68. The highest BCUT2D eigenvalue weighted by molar-refractivity contribution is 5.12. The van der Waals surface area contributed by atoms with Gasteiger partial charge in [-0.15, -0.1) is 13.2 Å². The topological polar surface area (TPSA) is 35.0 Å². The Balaban J connectivity index is 2.70. The van der Waals surface area contributed by atoms with Gasteiger partial charge in [0.15, 0.2) is 5.75 Å². The molecule has 72 valence electrons. The minimum absolute atomic E-state index is 0.398. The van der Waals surface area contributed by atoms with Crippen LogP contribution < -0.4 is 4.74 Å².